The average Bonchev–Trinajstić information content (AvgIpc) is 2.55. The van der Waals surface area contributed by atoms with Crippen LogP contribution in [0.4, 0.5) is 0 Å². The first-order valence-electron chi connectivity index (χ1n) is 12.6. The van der Waals surface area contributed by atoms with Crippen LogP contribution in [0.2, 0.25) is 0 Å². The van der Waals surface area contributed by atoms with Crippen LogP contribution in [0.15, 0.2) is 0 Å². The van der Waals surface area contributed by atoms with Gasteiger partial charge in [-0.25, -0.2) is 0 Å². The lowest BCUT2D eigenvalue weighted by Crippen LogP contribution is -2.35. The smallest absolute Gasteiger partial charge is 0.0318 e. The van der Waals surface area contributed by atoms with Gasteiger partial charge in [0.25, 0.3) is 0 Å². The molecule has 0 heterocycles. The van der Waals surface area contributed by atoms with Crippen molar-refractivity contribution in [2.24, 2.45) is 46.3 Å². The molecule has 0 amide bonds. The topological polar surface area (TPSA) is 0 Å². The fourth-order valence-corrected chi connectivity index (χ4v) is 8.05. The normalized spacial score (nSPS) is 45.6. The minimum absolute atomic E-state index is 0.561. The highest BCUT2D eigenvalue weighted by Gasteiger charge is 2.40. The molecule has 3 aliphatic rings. The first-order valence-corrected chi connectivity index (χ1v) is 12.6. The highest BCUT2D eigenvalue weighted by Crippen LogP contribution is 2.52. The predicted molar refractivity (Wildman–Crippen MR) is 120 cm³/mol. The zero-order valence-electron chi connectivity index (χ0n) is 19.7. The van der Waals surface area contributed by atoms with Gasteiger partial charge in [0.2, 0.25) is 0 Å². The molecule has 3 fully saturated rings. The van der Waals surface area contributed by atoms with Crippen molar-refractivity contribution >= 4 is 0 Å². The fourth-order valence-electron chi connectivity index (χ4n) is 8.05. The Kier molecular flexibility index (Phi) is 7.06. The SMILES string of the molecule is CC1CCC(CC2CCC(C)C(CCC3(C)CC(C)CC(C)(C)C3)C2)CC1. The van der Waals surface area contributed by atoms with Gasteiger partial charge in [0.05, 0.1) is 0 Å². The molecule has 0 aromatic carbocycles. The molecule has 3 aliphatic carbocycles. The molecule has 0 bridgehead atoms. The molecule has 3 saturated carbocycles. The molecular weight excluding hydrogens is 324 g/mol. The van der Waals surface area contributed by atoms with Crippen LogP contribution in [0, 0.1) is 46.3 Å². The van der Waals surface area contributed by atoms with Gasteiger partial charge in [0.1, 0.15) is 0 Å². The van der Waals surface area contributed by atoms with Crippen LogP contribution in [-0.4, -0.2) is 0 Å². The molecule has 0 radical (unpaired) electrons. The quantitative estimate of drug-likeness (QED) is 0.450. The molecule has 27 heavy (non-hydrogen) atoms. The summed E-state index contributed by atoms with van der Waals surface area (Å²) in [6, 6.07) is 0. The zero-order chi connectivity index (χ0) is 19.7. The Morgan fingerprint density at radius 1 is 0.741 bits per heavy atom. The van der Waals surface area contributed by atoms with E-state index < -0.39 is 0 Å². The molecular formula is C27H50. The van der Waals surface area contributed by atoms with Gasteiger partial charge in [-0.1, -0.05) is 80.1 Å². The van der Waals surface area contributed by atoms with Gasteiger partial charge in [0.15, 0.2) is 0 Å². The van der Waals surface area contributed by atoms with Gasteiger partial charge >= 0.3 is 0 Å². The van der Waals surface area contributed by atoms with E-state index in [2.05, 4.69) is 41.5 Å². The van der Waals surface area contributed by atoms with Crippen LogP contribution in [0.1, 0.15) is 125 Å². The van der Waals surface area contributed by atoms with Gasteiger partial charge in [0, 0.05) is 0 Å². The molecule has 3 rings (SSSR count). The Morgan fingerprint density at radius 2 is 1.41 bits per heavy atom. The van der Waals surface area contributed by atoms with Crippen LogP contribution in [0.3, 0.4) is 0 Å². The molecule has 0 spiro atoms. The zero-order valence-corrected chi connectivity index (χ0v) is 19.7. The van der Waals surface area contributed by atoms with Gasteiger partial charge in [-0.05, 0) is 91.3 Å². The van der Waals surface area contributed by atoms with Crippen LogP contribution in [0.5, 0.6) is 0 Å². The minimum Gasteiger partial charge on any atom is -0.0625 e. The van der Waals surface area contributed by atoms with E-state index in [0.29, 0.717) is 10.8 Å². The molecule has 0 N–H and O–H groups in total. The predicted octanol–water partition coefficient (Wildman–Crippen LogP) is 8.89. The third kappa shape index (κ3) is 6.24. The average molecular weight is 375 g/mol. The maximum atomic E-state index is 2.62. The lowest BCUT2D eigenvalue weighted by molar-refractivity contribution is 0.0411. The van der Waals surface area contributed by atoms with Gasteiger partial charge < -0.3 is 0 Å². The second-order valence-electron chi connectivity index (χ2n) is 13.0. The van der Waals surface area contributed by atoms with E-state index in [1.165, 1.54) is 70.6 Å². The Hall–Kier alpha value is 0. The van der Waals surface area contributed by atoms with E-state index in [9.17, 15) is 0 Å². The van der Waals surface area contributed by atoms with Gasteiger partial charge in [-0.3, -0.25) is 0 Å². The maximum Gasteiger partial charge on any atom is -0.0318 e. The van der Waals surface area contributed by atoms with Crippen LogP contribution in [-0.2, 0) is 0 Å². The Morgan fingerprint density at radius 3 is 2.07 bits per heavy atom. The molecule has 0 aromatic rings. The van der Waals surface area contributed by atoms with Crippen molar-refractivity contribution < 1.29 is 0 Å². The number of hydrogen-bond donors (Lipinski definition) is 0. The Balaban J connectivity index is 1.49. The maximum absolute atomic E-state index is 2.62. The summed E-state index contributed by atoms with van der Waals surface area (Å²) in [5.74, 6) is 6.04. The Labute approximate surface area is 171 Å². The second-order valence-corrected chi connectivity index (χ2v) is 13.0. The van der Waals surface area contributed by atoms with Crippen molar-refractivity contribution in [2.75, 3.05) is 0 Å². The fraction of sp³-hybridized carbons (Fsp3) is 1.00. The first-order chi connectivity index (χ1) is 12.6. The lowest BCUT2D eigenvalue weighted by Gasteiger charge is -2.47. The van der Waals surface area contributed by atoms with E-state index in [1.54, 1.807) is 12.8 Å². The van der Waals surface area contributed by atoms with Crippen LogP contribution >= 0.6 is 0 Å². The van der Waals surface area contributed by atoms with E-state index in [-0.39, 0.29) is 0 Å². The van der Waals surface area contributed by atoms with Gasteiger partial charge in [-0.15, -0.1) is 0 Å². The summed E-state index contributed by atoms with van der Waals surface area (Å²) < 4.78 is 0. The van der Waals surface area contributed by atoms with Crippen molar-refractivity contribution in [1.82, 2.24) is 0 Å². The van der Waals surface area contributed by atoms with Crippen molar-refractivity contribution in [2.45, 2.75) is 125 Å². The number of rotatable bonds is 5. The second kappa shape index (κ2) is 8.79. The molecule has 0 aromatic heterocycles. The lowest BCUT2D eigenvalue weighted by atomic mass is 9.58. The molecule has 0 aliphatic heterocycles. The van der Waals surface area contributed by atoms with E-state index >= 15 is 0 Å². The van der Waals surface area contributed by atoms with Crippen LogP contribution < -0.4 is 0 Å². The third-order valence-electron chi connectivity index (χ3n) is 9.04. The number of hydrogen-bond acceptors (Lipinski definition) is 0. The summed E-state index contributed by atoms with van der Waals surface area (Å²) >= 11 is 0. The van der Waals surface area contributed by atoms with Crippen molar-refractivity contribution in [3.05, 3.63) is 0 Å². The van der Waals surface area contributed by atoms with Crippen molar-refractivity contribution in [3.63, 3.8) is 0 Å². The summed E-state index contributed by atoms with van der Waals surface area (Å²) in [4.78, 5) is 0. The largest absolute Gasteiger partial charge is 0.0625 e. The monoisotopic (exact) mass is 374 g/mol. The highest BCUT2D eigenvalue weighted by molar-refractivity contribution is 4.91. The third-order valence-corrected chi connectivity index (χ3v) is 9.04. The standard InChI is InChI=1S/C27H50/c1-20-7-10-23(11-8-20)15-24-12-9-22(3)25(16-24)13-14-27(6)18-21(2)17-26(4,5)19-27/h20-25H,7-19H2,1-6H3. The van der Waals surface area contributed by atoms with Gasteiger partial charge in [-0.2, -0.15) is 0 Å². The van der Waals surface area contributed by atoms with Crippen molar-refractivity contribution in [1.29, 1.82) is 0 Å². The summed E-state index contributed by atoms with van der Waals surface area (Å²) in [7, 11) is 0. The first kappa shape index (κ1) is 21.7. The van der Waals surface area contributed by atoms with Crippen molar-refractivity contribution in [3.8, 4) is 0 Å². The summed E-state index contributed by atoms with van der Waals surface area (Å²) in [6.07, 6.45) is 19.6. The van der Waals surface area contributed by atoms with E-state index in [0.717, 1.165) is 35.5 Å². The minimum atomic E-state index is 0.561. The molecule has 0 saturated heterocycles. The molecule has 0 nitrogen and oxygen atoms in total. The highest BCUT2D eigenvalue weighted by atomic mass is 14.5. The van der Waals surface area contributed by atoms with Crippen LogP contribution in [0.25, 0.3) is 0 Å². The Bertz CT molecular complexity index is 455. The summed E-state index contributed by atoms with van der Waals surface area (Å²) in [5, 5.41) is 0. The van der Waals surface area contributed by atoms with E-state index in [4.69, 9.17) is 0 Å². The molecule has 5 atom stereocenters. The summed E-state index contributed by atoms with van der Waals surface area (Å²) in [5.41, 5.74) is 1.17. The molecule has 5 unspecified atom stereocenters. The molecule has 0 heteroatoms. The summed E-state index contributed by atoms with van der Waals surface area (Å²) in [6.45, 7) is 15.2. The molecule has 158 valence electrons. The van der Waals surface area contributed by atoms with E-state index in [1.807, 2.05) is 0 Å².